The Labute approximate surface area is 162 Å². The lowest BCUT2D eigenvalue weighted by atomic mass is 9.96. The number of nitrogens with zero attached hydrogens (tertiary/aromatic N) is 2. The highest BCUT2D eigenvalue weighted by Gasteiger charge is 2.61. The number of ether oxygens (including phenoxy) is 1. The molecule has 1 saturated heterocycles. The predicted molar refractivity (Wildman–Crippen MR) is 99.9 cm³/mol. The first kappa shape index (κ1) is 19.2. The van der Waals surface area contributed by atoms with Crippen molar-refractivity contribution in [2.45, 2.75) is 18.5 Å². The quantitative estimate of drug-likeness (QED) is 0.438. The smallest absolute Gasteiger partial charge is 0.354 e. The third kappa shape index (κ3) is 2.91. The summed E-state index contributed by atoms with van der Waals surface area (Å²) in [6.07, 6.45) is 6.67. The van der Waals surface area contributed by atoms with Crippen LogP contribution < -0.4 is 10.2 Å². The SMILES string of the molecule is C#CCNC(=O)COC(=O)[C@]12CCC(=O)N1c1ccccc1C(=O)N2CC=C. The molecule has 8 nitrogen and oxygen atoms in total. The summed E-state index contributed by atoms with van der Waals surface area (Å²) in [5.74, 6) is 0.111. The van der Waals surface area contributed by atoms with E-state index in [1.165, 1.54) is 15.9 Å². The summed E-state index contributed by atoms with van der Waals surface area (Å²) in [5.41, 5.74) is -0.984. The highest BCUT2D eigenvalue weighted by atomic mass is 16.5. The Morgan fingerprint density at radius 2 is 2.11 bits per heavy atom. The van der Waals surface area contributed by atoms with E-state index in [0.29, 0.717) is 11.3 Å². The molecule has 28 heavy (non-hydrogen) atoms. The highest BCUT2D eigenvalue weighted by Crippen LogP contribution is 2.44. The van der Waals surface area contributed by atoms with Crippen LogP contribution in [0.2, 0.25) is 0 Å². The molecule has 0 unspecified atom stereocenters. The first-order chi connectivity index (χ1) is 13.5. The Kier molecular flexibility index (Phi) is 5.18. The molecule has 1 fully saturated rings. The molecule has 0 bridgehead atoms. The third-order valence-corrected chi connectivity index (χ3v) is 4.73. The topological polar surface area (TPSA) is 96.0 Å². The van der Waals surface area contributed by atoms with Crippen molar-refractivity contribution >= 4 is 29.4 Å². The standard InChI is InChI=1S/C20H19N3O5/c1-3-11-21-16(24)13-28-19(27)20-10-9-17(25)23(20)15-8-6-5-7-14(15)18(26)22(20)12-4-2/h1,4-8H,2,9-13H2,(H,21,24)/t20-/m0/s1. The molecule has 3 amide bonds. The summed E-state index contributed by atoms with van der Waals surface area (Å²) < 4.78 is 5.19. The number of hydrogen-bond acceptors (Lipinski definition) is 5. The van der Waals surface area contributed by atoms with Crippen molar-refractivity contribution in [3.63, 3.8) is 0 Å². The van der Waals surface area contributed by atoms with Gasteiger partial charge in [0.2, 0.25) is 11.6 Å². The van der Waals surface area contributed by atoms with Crippen molar-refractivity contribution in [2.75, 3.05) is 24.6 Å². The number of carbonyl (C=O) groups is 4. The Morgan fingerprint density at radius 3 is 2.82 bits per heavy atom. The van der Waals surface area contributed by atoms with Crippen molar-refractivity contribution in [3.05, 3.63) is 42.5 Å². The Balaban J connectivity index is 1.99. The third-order valence-electron chi connectivity index (χ3n) is 4.73. The van der Waals surface area contributed by atoms with Crippen LogP contribution in [0.4, 0.5) is 5.69 Å². The highest BCUT2D eigenvalue weighted by molar-refractivity contribution is 6.15. The first-order valence-electron chi connectivity index (χ1n) is 8.69. The van der Waals surface area contributed by atoms with Gasteiger partial charge in [-0.1, -0.05) is 24.1 Å². The molecule has 0 aliphatic carbocycles. The molecule has 0 radical (unpaired) electrons. The Hall–Kier alpha value is -3.60. The average Bonchev–Trinajstić information content (AvgIpc) is 3.06. The number of benzene rings is 1. The van der Waals surface area contributed by atoms with Crippen molar-refractivity contribution in [1.82, 2.24) is 10.2 Å². The lowest BCUT2D eigenvalue weighted by molar-refractivity contribution is -0.159. The summed E-state index contributed by atoms with van der Waals surface area (Å²) in [6.45, 7) is 3.11. The maximum atomic E-state index is 13.1. The lowest BCUT2D eigenvalue weighted by Gasteiger charge is -2.47. The number of rotatable bonds is 6. The van der Waals surface area contributed by atoms with Gasteiger partial charge in [0.05, 0.1) is 17.8 Å². The monoisotopic (exact) mass is 381 g/mol. The number of terminal acetylenes is 1. The molecular weight excluding hydrogens is 362 g/mol. The molecule has 1 aromatic carbocycles. The van der Waals surface area contributed by atoms with Gasteiger partial charge >= 0.3 is 5.97 Å². The zero-order valence-electron chi connectivity index (χ0n) is 15.1. The van der Waals surface area contributed by atoms with E-state index in [1.807, 2.05) is 0 Å². The van der Waals surface area contributed by atoms with E-state index in [0.717, 1.165) is 0 Å². The number of carbonyl (C=O) groups excluding carboxylic acids is 4. The van der Waals surface area contributed by atoms with Crippen LogP contribution >= 0.6 is 0 Å². The fraction of sp³-hybridized carbons (Fsp3) is 0.300. The van der Waals surface area contributed by atoms with Crippen LogP contribution in [0.3, 0.4) is 0 Å². The second-order valence-corrected chi connectivity index (χ2v) is 6.32. The molecule has 1 N–H and O–H groups in total. The number of amides is 3. The maximum absolute atomic E-state index is 13.1. The number of anilines is 1. The van der Waals surface area contributed by atoms with Gasteiger partial charge in [0, 0.05) is 19.4 Å². The molecule has 1 aromatic rings. The normalized spacial score (nSPS) is 20.1. The van der Waals surface area contributed by atoms with Gasteiger partial charge in [0.15, 0.2) is 6.61 Å². The Bertz CT molecular complexity index is 903. The predicted octanol–water partition coefficient (Wildman–Crippen LogP) is 0.444. The van der Waals surface area contributed by atoms with E-state index in [1.54, 1.807) is 24.3 Å². The van der Waals surface area contributed by atoms with E-state index >= 15 is 0 Å². The van der Waals surface area contributed by atoms with Crippen molar-refractivity contribution in [1.29, 1.82) is 0 Å². The first-order valence-corrected chi connectivity index (χ1v) is 8.69. The van der Waals surface area contributed by atoms with Crippen LogP contribution in [0.15, 0.2) is 36.9 Å². The van der Waals surface area contributed by atoms with Crippen LogP contribution in [-0.2, 0) is 19.1 Å². The number of esters is 1. The van der Waals surface area contributed by atoms with Gasteiger partial charge in [-0.25, -0.2) is 4.79 Å². The fourth-order valence-corrected chi connectivity index (χ4v) is 3.58. The van der Waals surface area contributed by atoms with Gasteiger partial charge in [-0.15, -0.1) is 13.0 Å². The summed E-state index contributed by atoms with van der Waals surface area (Å²) in [6, 6.07) is 6.58. The second kappa shape index (κ2) is 7.56. The molecule has 8 heteroatoms. The van der Waals surface area contributed by atoms with Gasteiger partial charge in [-0.05, 0) is 12.1 Å². The minimum Gasteiger partial charge on any atom is -0.452 e. The summed E-state index contributed by atoms with van der Waals surface area (Å²) in [4.78, 5) is 53.2. The van der Waals surface area contributed by atoms with Gasteiger partial charge in [0.1, 0.15) is 0 Å². The molecule has 1 atom stereocenters. The molecule has 144 valence electrons. The van der Waals surface area contributed by atoms with Crippen LogP contribution in [0.5, 0.6) is 0 Å². The van der Waals surface area contributed by atoms with E-state index in [9.17, 15) is 19.2 Å². The molecule has 3 rings (SSSR count). The second-order valence-electron chi connectivity index (χ2n) is 6.32. The van der Waals surface area contributed by atoms with Crippen LogP contribution in [0.1, 0.15) is 23.2 Å². The molecule has 2 aliphatic rings. The summed E-state index contributed by atoms with van der Waals surface area (Å²) >= 11 is 0. The molecule has 2 aliphatic heterocycles. The fourth-order valence-electron chi connectivity index (χ4n) is 3.58. The van der Waals surface area contributed by atoms with Crippen LogP contribution in [-0.4, -0.2) is 54.0 Å². The Morgan fingerprint density at radius 1 is 1.36 bits per heavy atom. The van der Waals surface area contributed by atoms with Gasteiger partial charge in [-0.3, -0.25) is 19.3 Å². The van der Waals surface area contributed by atoms with E-state index in [4.69, 9.17) is 11.2 Å². The van der Waals surface area contributed by atoms with Crippen LogP contribution in [0, 0.1) is 12.3 Å². The molecule has 0 spiro atoms. The zero-order chi connectivity index (χ0) is 20.3. The maximum Gasteiger partial charge on any atom is 0.354 e. The largest absolute Gasteiger partial charge is 0.452 e. The average molecular weight is 381 g/mol. The molecule has 2 heterocycles. The number of fused-ring (bicyclic) bond motifs is 3. The van der Waals surface area contributed by atoms with Crippen molar-refractivity contribution in [2.24, 2.45) is 0 Å². The molecular formula is C20H19N3O5. The summed E-state index contributed by atoms with van der Waals surface area (Å²) in [7, 11) is 0. The minimum atomic E-state index is -1.65. The van der Waals surface area contributed by atoms with Crippen molar-refractivity contribution in [3.8, 4) is 12.3 Å². The minimum absolute atomic E-state index is 0.000583. The van der Waals surface area contributed by atoms with E-state index in [-0.39, 0.29) is 31.8 Å². The summed E-state index contributed by atoms with van der Waals surface area (Å²) in [5, 5.41) is 2.39. The van der Waals surface area contributed by atoms with E-state index < -0.39 is 30.1 Å². The van der Waals surface area contributed by atoms with Gasteiger partial charge in [0.25, 0.3) is 11.8 Å². The molecule has 0 saturated carbocycles. The zero-order valence-corrected chi connectivity index (χ0v) is 15.1. The number of nitrogens with one attached hydrogen (secondary N) is 1. The van der Waals surface area contributed by atoms with Crippen LogP contribution in [0.25, 0.3) is 0 Å². The van der Waals surface area contributed by atoms with Gasteiger partial charge < -0.3 is 15.0 Å². The van der Waals surface area contributed by atoms with E-state index in [2.05, 4.69) is 17.8 Å². The number of hydrogen-bond donors (Lipinski definition) is 1. The lowest BCUT2D eigenvalue weighted by Crippen LogP contribution is -2.68. The van der Waals surface area contributed by atoms with Crippen molar-refractivity contribution < 1.29 is 23.9 Å². The number of para-hydroxylation sites is 1. The van der Waals surface area contributed by atoms with Gasteiger partial charge in [-0.2, -0.15) is 0 Å². The molecule has 0 aromatic heterocycles.